The summed E-state index contributed by atoms with van der Waals surface area (Å²) in [4.78, 5) is 4.37. The van der Waals surface area contributed by atoms with Crippen LogP contribution >= 0.6 is 11.3 Å². The number of thiazole rings is 1. The minimum absolute atomic E-state index is 0.252. The summed E-state index contributed by atoms with van der Waals surface area (Å²) in [5.74, 6) is 0. The first kappa shape index (κ1) is 15.1. The van der Waals surface area contributed by atoms with Crippen LogP contribution in [-0.2, 0) is 23.0 Å². The number of nitrogens with zero attached hydrogens (tertiary/aromatic N) is 1. The number of aromatic nitrogens is 1. The molecular weight excluding hydrogens is 294 g/mol. The van der Waals surface area contributed by atoms with E-state index >= 15 is 0 Å². The highest BCUT2D eigenvalue weighted by atomic mass is 32.2. The average molecular weight is 311 g/mol. The molecule has 0 amide bonds. The molecule has 2 aromatic rings. The third-order valence-corrected chi connectivity index (χ3v) is 5.26. The van der Waals surface area contributed by atoms with E-state index in [0.29, 0.717) is 19.5 Å². The second-order valence-corrected chi connectivity index (χ2v) is 7.11. The number of nitrogens with one attached hydrogen (secondary N) is 1. The predicted molar refractivity (Wildman–Crippen MR) is 80.1 cm³/mol. The van der Waals surface area contributed by atoms with Crippen molar-refractivity contribution in [2.45, 2.75) is 24.8 Å². The van der Waals surface area contributed by atoms with Crippen LogP contribution in [0.3, 0.4) is 0 Å². The van der Waals surface area contributed by atoms with Crippen LogP contribution in [-0.4, -0.2) is 19.9 Å². The van der Waals surface area contributed by atoms with Crippen LogP contribution < -0.4 is 10.5 Å². The number of hydrogen-bond acceptors (Lipinski definition) is 5. The van der Waals surface area contributed by atoms with Crippen LogP contribution in [0.5, 0.6) is 0 Å². The van der Waals surface area contributed by atoms with E-state index in [1.165, 1.54) is 11.3 Å². The Kier molecular flexibility index (Phi) is 4.87. The molecule has 3 N–H and O–H groups in total. The highest BCUT2D eigenvalue weighted by Crippen LogP contribution is 2.15. The van der Waals surface area contributed by atoms with Gasteiger partial charge in [0.15, 0.2) is 0 Å². The molecule has 108 valence electrons. The lowest BCUT2D eigenvalue weighted by Crippen LogP contribution is -2.26. The first-order chi connectivity index (χ1) is 9.53. The maximum atomic E-state index is 12.2. The molecule has 0 saturated heterocycles. The van der Waals surface area contributed by atoms with Crippen LogP contribution in [0, 0.1) is 6.92 Å². The summed E-state index contributed by atoms with van der Waals surface area (Å²) in [5.41, 5.74) is 7.44. The Hall–Kier alpha value is -1.28. The topological polar surface area (TPSA) is 85.1 Å². The van der Waals surface area contributed by atoms with E-state index in [2.05, 4.69) is 9.71 Å². The molecule has 0 aliphatic rings. The number of hydrogen-bond donors (Lipinski definition) is 2. The van der Waals surface area contributed by atoms with Gasteiger partial charge in [0.25, 0.3) is 0 Å². The lowest BCUT2D eigenvalue weighted by molar-refractivity contribution is 0.581. The maximum absolute atomic E-state index is 12.2. The van der Waals surface area contributed by atoms with Crippen molar-refractivity contribution in [2.24, 2.45) is 5.73 Å². The zero-order chi connectivity index (χ0) is 14.6. The van der Waals surface area contributed by atoms with Gasteiger partial charge in [-0.05, 0) is 30.2 Å². The van der Waals surface area contributed by atoms with Gasteiger partial charge in [0.05, 0.1) is 9.90 Å². The van der Waals surface area contributed by atoms with Gasteiger partial charge in [0.1, 0.15) is 0 Å². The zero-order valence-electron chi connectivity index (χ0n) is 11.2. The summed E-state index contributed by atoms with van der Waals surface area (Å²) < 4.78 is 26.9. The monoisotopic (exact) mass is 311 g/mol. The molecule has 0 aliphatic carbocycles. The standard InChI is InChI=1S/C13H17N3O2S2/c1-10-2-3-12(8-11(10)9-14)20(17,18)16-5-4-13-15-6-7-19-13/h2-3,6-8,16H,4-5,9,14H2,1H3. The Balaban J connectivity index is 2.06. The molecule has 0 radical (unpaired) electrons. The predicted octanol–water partition coefficient (Wildman–Crippen LogP) is 1.43. The Bertz CT molecular complexity index is 667. The Morgan fingerprint density at radius 1 is 1.40 bits per heavy atom. The van der Waals surface area contributed by atoms with Crippen molar-refractivity contribution in [3.05, 3.63) is 45.9 Å². The van der Waals surface area contributed by atoms with Crippen LogP contribution in [0.1, 0.15) is 16.1 Å². The molecule has 0 fully saturated rings. The quantitative estimate of drug-likeness (QED) is 0.845. The number of benzene rings is 1. The molecule has 0 saturated carbocycles. The molecule has 1 heterocycles. The molecule has 0 unspecified atom stereocenters. The smallest absolute Gasteiger partial charge is 0.240 e. The fourth-order valence-corrected chi connectivity index (χ4v) is 3.49. The van der Waals surface area contributed by atoms with Crippen molar-refractivity contribution in [1.82, 2.24) is 9.71 Å². The lowest BCUT2D eigenvalue weighted by Gasteiger charge is -2.09. The number of sulfonamides is 1. The van der Waals surface area contributed by atoms with E-state index < -0.39 is 10.0 Å². The van der Waals surface area contributed by atoms with Crippen molar-refractivity contribution in [1.29, 1.82) is 0 Å². The Labute approximate surface area is 122 Å². The maximum Gasteiger partial charge on any atom is 0.240 e. The normalized spacial score (nSPS) is 11.7. The number of nitrogens with two attached hydrogens (primary N) is 1. The molecule has 2 rings (SSSR count). The molecule has 0 spiro atoms. The van der Waals surface area contributed by atoms with Gasteiger partial charge in [0, 0.05) is 31.1 Å². The summed E-state index contributed by atoms with van der Waals surface area (Å²) in [7, 11) is -3.49. The molecule has 5 nitrogen and oxygen atoms in total. The first-order valence-electron chi connectivity index (χ1n) is 6.20. The number of rotatable bonds is 6. The summed E-state index contributed by atoms with van der Waals surface area (Å²) in [6, 6.07) is 5.00. The van der Waals surface area contributed by atoms with Crippen LogP contribution in [0.25, 0.3) is 0 Å². The minimum Gasteiger partial charge on any atom is -0.326 e. The van der Waals surface area contributed by atoms with E-state index in [1.807, 2.05) is 12.3 Å². The van der Waals surface area contributed by atoms with Crippen molar-refractivity contribution in [3.8, 4) is 0 Å². The third kappa shape index (κ3) is 3.63. The van der Waals surface area contributed by atoms with Gasteiger partial charge in [-0.15, -0.1) is 11.3 Å². The molecule has 0 aliphatic heterocycles. The summed E-state index contributed by atoms with van der Waals surface area (Å²) in [6.07, 6.45) is 2.30. The van der Waals surface area contributed by atoms with Crippen molar-refractivity contribution in [2.75, 3.05) is 6.54 Å². The van der Waals surface area contributed by atoms with Crippen LogP contribution in [0.15, 0.2) is 34.7 Å². The van der Waals surface area contributed by atoms with Crippen molar-refractivity contribution in [3.63, 3.8) is 0 Å². The Morgan fingerprint density at radius 3 is 2.85 bits per heavy atom. The molecule has 0 bridgehead atoms. The highest BCUT2D eigenvalue weighted by molar-refractivity contribution is 7.89. The van der Waals surface area contributed by atoms with Gasteiger partial charge in [-0.1, -0.05) is 6.07 Å². The summed E-state index contributed by atoms with van der Waals surface area (Å²) >= 11 is 1.51. The van der Waals surface area contributed by atoms with E-state index in [9.17, 15) is 8.42 Å². The fourth-order valence-electron chi connectivity index (χ4n) is 1.79. The largest absolute Gasteiger partial charge is 0.326 e. The second-order valence-electron chi connectivity index (χ2n) is 4.37. The van der Waals surface area contributed by atoms with Gasteiger partial charge in [0.2, 0.25) is 10.0 Å². The third-order valence-electron chi connectivity index (χ3n) is 2.97. The van der Waals surface area contributed by atoms with Gasteiger partial charge in [-0.2, -0.15) is 0 Å². The van der Waals surface area contributed by atoms with E-state index in [1.54, 1.807) is 24.4 Å². The van der Waals surface area contributed by atoms with Gasteiger partial charge in [-0.25, -0.2) is 18.1 Å². The first-order valence-corrected chi connectivity index (χ1v) is 8.57. The Morgan fingerprint density at radius 2 is 2.20 bits per heavy atom. The second kappa shape index (κ2) is 6.45. The molecular formula is C13H17N3O2S2. The highest BCUT2D eigenvalue weighted by Gasteiger charge is 2.14. The van der Waals surface area contributed by atoms with Crippen LogP contribution in [0.2, 0.25) is 0 Å². The van der Waals surface area contributed by atoms with Crippen molar-refractivity contribution < 1.29 is 8.42 Å². The molecule has 0 atom stereocenters. The minimum atomic E-state index is -3.49. The fraction of sp³-hybridized carbons (Fsp3) is 0.308. The van der Waals surface area contributed by atoms with E-state index in [4.69, 9.17) is 5.73 Å². The summed E-state index contributed by atoms with van der Waals surface area (Å²) in [5, 5.41) is 2.79. The average Bonchev–Trinajstić information content (AvgIpc) is 2.92. The van der Waals surface area contributed by atoms with Gasteiger partial charge >= 0.3 is 0 Å². The van der Waals surface area contributed by atoms with E-state index in [-0.39, 0.29) is 4.90 Å². The molecule has 20 heavy (non-hydrogen) atoms. The molecule has 1 aromatic carbocycles. The van der Waals surface area contributed by atoms with Gasteiger partial charge < -0.3 is 5.73 Å². The molecule has 7 heteroatoms. The SMILES string of the molecule is Cc1ccc(S(=O)(=O)NCCc2nccs2)cc1CN. The molecule has 1 aromatic heterocycles. The number of aryl methyl sites for hydroxylation is 1. The van der Waals surface area contributed by atoms with Gasteiger partial charge in [-0.3, -0.25) is 0 Å². The lowest BCUT2D eigenvalue weighted by atomic mass is 10.1. The van der Waals surface area contributed by atoms with E-state index in [0.717, 1.165) is 16.1 Å². The van der Waals surface area contributed by atoms with Crippen LogP contribution in [0.4, 0.5) is 0 Å². The zero-order valence-corrected chi connectivity index (χ0v) is 12.8. The van der Waals surface area contributed by atoms with Crippen molar-refractivity contribution >= 4 is 21.4 Å². The summed E-state index contributed by atoms with van der Waals surface area (Å²) in [6.45, 7) is 2.57.